The van der Waals surface area contributed by atoms with Crippen LogP contribution in [0.5, 0.6) is 0 Å². The van der Waals surface area contributed by atoms with Crippen LogP contribution >= 0.6 is 12.4 Å². The standard InChI is InChI=1S/C13H15N3O2S.ClH/c14-11-5-7-16(9-11)19(17,18)13-3-1-2-10-8-15-6-4-12(10)13;/h1-4,6,8,11H,5,7,9,14H2;1H. The summed E-state index contributed by atoms with van der Waals surface area (Å²) in [6, 6.07) is 6.91. The minimum atomic E-state index is -3.47. The zero-order chi connectivity index (χ0) is 13.5. The summed E-state index contributed by atoms with van der Waals surface area (Å²) in [4.78, 5) is 4.35. The molecule has 0 aliphatic carbocycles. The van der Waals surface area contributed by atoms with Crippen molar-refractivity contribution in [1.29, 1.82) is 0 Å². The molecule has 1 saturated heterocycles. The van der Waals surface area contributed by atoms with Crippen molar-refractivity contribution >= 4 is 33.2 Å². The molecule has 1 unspecified atom stereocenters. The number of aromatic nitrogens is 1. The summed E-state index contributed by atoms with van der Waals surface area (Å²) in [5, 5.41) is 1.53. The zero-order valence-electron chi connectivity index (χ0n) is 10.8. The molecule has 2 heterocycles. The van der Waals surface area contributed by atoms with Gasteiger partial charge < -0.3 is 5.73 Å². The Hall–Kier alpha value is -1.21. The third-order valence-electron chi connectivity index (χ3n) is 3.45. The van der Waals surface area contributed by atoms with Crippen molar-refractivity contribution in [3.05, 3.63) is 36.7 Å². The fourth-order valence-corrected chi connectivity index (χ4v) is 4.16. The van der Waals surface area contributed by atoms with Gasteiger partial charge in [-0.05, 0) is 18.6 Å². The van der Waals surface area contributed by atoms with E-state index in [2.05, 4.69) is 4.98 Å². The number of fused-ring (bicyclic) bond motifs is 1. The van der Waals surface area contributed by atoms with E-state index in [0.717, 1.165) is 5.39 Å². The molecule has 20 heavy (non-hydrogen) atoms. The lowest BCUT2D eigenvalue weighted by atomic mass is 10.2. The normalized spacial score (nSPS) is 19.9. The van der Waals surface area contributed by atoms with Crippen molar-refractivity contribution < 1.29 is 8.42 Å². The van der Waals surface area contributed by atoms with Gasteiger partial charge in [0.1, 0.15) is 0 Å². The molecule has 108 valence electrons. The second-order valence-electron chi connectivity index (χ2n) is 4.76. The highest BCUT2D eigenvalue weighted by atomic mass is 35.5. The molecular formula is C13H16ClN3O2S. The van der Waals surface area contributed by atoms with Crippen LogP contribution in [0.4, 0.5) is 0 Å². The van der Waals surface area contributed by atoms with Crippen LogP contribution in [0.1, 0.15) is 6.42 Å². The molecule has 0 spiro atoms. The zero-order valence-corrected chi connectivity index (χ0v) is 12.4. The van der Waals surface area contributed by atoms with Gasteiger partial charge in [-0.2, -0.15) is 4.31 Å². The molecule has 5 nitrogen and oxygen atoms in total. The lowest BCUT2D eigenvalue weighted by Gasteiger charge is -2.17. The van der Waals surface area contributed by atoms with Crippen LogP contribution in [0.2, 0.25) is 0 Å². The minimum Gasteiger partial charge on any atom is -0.326 e. The quantitative estimate of drug-likeness (QED) is 0.908. The van der Waals surface area contributed by atoms with Crippen LogP contribution in [0, 0.1) is 0 Å². The van der Waals surface area contributed by atoms with Gasteiger partial charge in [0.25, 0.3) is 0 Å². The first-order valence-electron chi connectivity index (χ1n) is 6.17. The number of hydrogen-bond donors (Lipinski definition) is 1. The van der Waals surface area contributed by atoms with Gasteiger partial charge >= 0.3 is 0 Å². The van der Waals surface area contributed by atoms with Crippen LogP contribution in [-0.2, 0) is 10.0 Å². The highest BCUT2D eigenvalue weighted by Gasteiger charge is 2.31. The third kappa shape index (κ3) is 2.52. The van der Waals surface area contributed by atoms with Gasteiger partial charge in [0.05, 0.1) is 4.90 Å². The highest BCUT2D eigenvalue weighted by Crippen LogP contribution is 2.26. The minimum absolute atomic E-state index is 0. The van der Waals surface area contributed by atoms with Crippen molar-refractivity contribution in [2.75, 3.05) is 13.1 Å². The number of nitrogens with two attached hydrogens (primary N) is 1. The number of hydrogen-bond acceptors (Lipinski definition) is 4. The Bertz CT molecular complexity index is 715. The summed E-state index contributed by atoms with van der Waals surface area (Å²) in [6.45, 7) is 0.884. The third-order valence-corrected chi connectivity index (χ3v) is 5.37. The highest BCUT2D eigenvalue weighted by molar-refractivity contribution is 7.89. The number of rotatable bonds is 2. The van der Waals surface area contributed by atoms with Crippen molar-refractivity contribution in [2.24, 2.45) is 5.73 Å². The lowest BCUT2D eigenvalue weighted by molar-refractivity contribution is 0.473. The molecule has 2 N–H and O–H groups in total. The maximum Gasteiger partial charge on any atom is 0.243 e. The number of nitrogens with zero attached hydrogens (tertiary/aromatic N) is 2. The van der Waals surface area contributed by atoms with Crippen molar-refractivity contribution in [1.82, 2.24) is 9.29 Å². The number of sulfonamides is 1. The van der Waals surface area contributed by atoms with E-state index < -0.39 is 10.0 Å². The van der Waals surface area contributed by atoms with Crippen LogP contribution in [0.25, 0.3) is 10.8 Å². The summed E-state index contributed by atoms with van der Waals surface area (Å²) < 4.78 is 26.8. The van der Waals surface area contributed by atoms with E-state index in [1.165, 1.54) is 4.31 Å². The number of pyridine rings is 1. The summed E-state index contributed by atoms with van der Waals surface area (Å²) >= 11 is 0. The largest absolute Gasteiger partial charge is 0.326 e. The van der Waals surface area contributed by atoms with Gasteiger partial charge in [0.15, 0.2) is 0 Å². The molecule has 0 saturated carbocycles. The predicted molar refractivity (Wildman–Crippen MR) is 80.3 cm³/mol. The first kappa shape index (κ1) is 15.2. The lowest BCUT2D eigenvalue weighted by Crippen LogP contribution is -2.32. The van der Waals surface area contributed by atoms with Crippen LogP contribution < -0.4 is 5.73 Å². The van der Waals surface area contributed by atoms with Gasteiger partial charge in [0, 0.05) is 42.3 Å². The van der Waals surface area contributed by atoms with Crippen molar-refractivity contribution in [3.8, 4) is 0 Å². The molecule has 1 atom stereocenters. The van der Waals surface area contributed by atoms with Crippen LogP contribution in [-0.4, -0.2) is 36.8 Å². The van der Waals surface area contributed by atoms with Gasteiger partial charge in [-0.25, -0.2) is 8.42 Å². The van der Waals surface area contributed by atoms with Gasteiger partial charge in [0.2, 0.25) is 10.0 Å². The summed E-state index contributed by atoms with van der Waals surface area (Å²) in [6.07, 6.45) is 3.99. The monoisotopic (exact) mass is 313 g/mol. The van der Waals surface area contributed by atoms with E-state index in [9.17, 15) is 8.42 Å². The van der Waals surface area contributed by atoms with E-state index >= 15 is 0 Å². The molecule has 2 aromatic rings. The fraction of sp³-hybridized carbons (Fsp3) is 0.308. The van der Waals surface area contributed by atoms with Crippen molar-refractivity contribution in [2.45, 2.75) is 17.4 Å². The Morgan fingerprint density at radius 1 is 1.30 bits per heavy atom. The molecule has 1 fully saturated rings. The Labute approximate surface area is 124 Å². The average molecular weight is 314 g/mol. The van der Waals surface area contributed by atoms with Gasteiger partial charge in [-0.3, -0.25) is 4.98 Å². The first-order valence-corrected chi connectivity index (χ1v) is 7.61. The number of halogens is 1. The SMILES string of the molecule is Cl.NC1CCN(S(=O)(=O)c2cccc3cnccc23)C1. The first-order chi connectivity index (χ1) is 9.09. The Morgan fingerprint density at radius 2 is 2.10 bits per heavy atom. The maximum atomic E-state index is 12.6. The van der Waals surface area contributed by atoms with Crippen LogP contribution in [0.15, 0.2) is 41.6 Å². The Balaban J connectivity index is 0.00000147. The Morgan fingerprint density at radius 3 is 2.80 bits per heavy atom. The molecule has 7 heteroatoms. The molecule has 0 amide bonds. The second-order valence-corrected chi connectivity index (χ2v) is 6.67. The molecule has 1 aromatic carbocycles. The smallest absolute Gasteiger partial charge is 0.243 e. The van der Waals surface area contributed by atoms with E-state index in [-0.39, 0.29) is 18.4 Å². The van der Waals surface area contributed by atoms with Gasteiger partial charge in [-0.15, -0.1) is 12.4 Å². The molecule has 0 bridgehead atoms. The predicted octanol–water partition coefficient (Wildman–Crippen LogP) is 1.38. The summed E-state index contributed by atoms with van der Waals surface area (Å²) in [5.74, 6) is 0. The van der Waals surface area contributed by atoms with Gasteiger partial charge in [-0.1, -0.05) is 12.1 Å². The van der Waals surface area contributed by atoms with Crippen molar-refractivity contribution in [3.63, 3.8) is 0 Å². The number of benzene rings is 1. The summed E-state index contributed by atoms with van der Waals surface area (Å²) in [5.41, 5.74) is 5.80. The molecule has 1 aliphatic heterocycles. The fourth-order valence-electron chi connectivity index (χ4n) is 2.43. The van der Waals surface area contributed by atoms with Crippen LogP contribution in [0.3, 0.4) is 0 Å². The molecule has 3 rings (SSSR count). The van der Waals surface area contributed by atoms with E-state index in [1.807, 2.05) is 6.07 Å². The molecule has 1 aliphatic rings. The van der Waals surface area contributed by atoms with E-state index in [1.54, 1.807) is 30.6 Å². The molecule has 0 radical (unpaired) electrons. The van der Waals surface area contributed by atoms with E-state index in [0.29, 0.717) is 29.8 Å². The topological polar surface area (TPSA) is 76.3 Å². The Kier molecular flexibility index (Phi) is 4.29. The van der Waals surface area contributed by atoms with E-state index in [4.69, 9.17) is 5.73 Å². The average Bonchev–Trinajstić information content (AvgIpc) is 2.85. The second kappa shape index (κ2) is 5.65. The molecular weight excluding hydrogens is 298 g/mol. The summed E-state index contributed by atoms with van der Waals surface area (Å²) in [7, 11) is -3.47. The molecule has 1 aromatic heterocycles. The maximum absolute atomic E-state index is 12.6.